The van der Waals surface area contributed by atoms with Gasteiger partial charge in [-0.3, -0.25) is 0 Å². The van der Waals surface area contributed by atoms with E-state index in [1.54, 1.807) is 0 Å². The van der Waals surface area contributed by atoms with Crippen LogP contribution in [0, 0.1) is 7.43 Å². The van der Waals surface area contributed by atoms with E-state index in [0.29, 0.717) is 0 Å². The fourth-order valence-electron chi connectivity index (χ4n) is 0. The molecule has 0 aliphatic heterocycles. The predicted molar refractivity (Wildman–Crippen MR) is 23.9 cm³/mol. The molecule has 0 heterocycles. The van der Waals surface area contributed by atoms with Gasteiger partial charge in [-0.1, -0.05) is 13.6 Å². The first-order valence-electron chi connectivity index (χ1n) is 1.15. The van der Waals surface area contributed by atoms with E-state index in [0.717, 1.165) is 0 Å². The molecule has 0 aromatic carbocycles. The van der Waals surface area contributed by atoms with Gasteiger partial charge in [-0.25, -0.2) is 0 Å². The smallest absolute Gasteiger partial charge is 0.102 e. The summed E-state index contributed by atoms with van der Waals surface area (Å²) in [6.07, 6.45) is 0. The van der Waals surface area contributed by atoms with Gasteiger partial charge in [0, 0.05) is 22.4 Å². The van der Waals surface area contributed by atoms with Gasteiger partial charge in [0.1, 0.15) is 7.28 Å². The first-order valence-corrected chi connectivity index (χ1v) is 1.15. The molecule has 0 atom stereocenters. The molecule has 0 bridgehead atoms. The quantitative estimate of drug-likeness (QED) is 0.439. The van der Waals surface area contributed by atoms with E-state index in [-0.39, 0.29) is 29.8 Å². The molecule has 5 heavy (non-hydrogen) atoms. The summed E-state index contributed by atoms with van der Waals surface area (Å²) in [6, 6.07) is 0. The minimum absolute atomic E-state index is 0. The van der Waals surface area contributed by atoms with Crippen LogP contribution in [0.3, 0.4) is 0 Å². The predicted octanol–water partition coefficient (Wildman–Crippen LogP) is 1.23. The van der Waals surface area contributed by atoms with Gasteiger partial charge in [-0.15, -0.1) is 0 Å². The van der Waals surface area contributed by atoms with E-state index in [2.05, 4.69) is 0 Å². The zero-order valence-electron chi connectivity index (χ0n) is 4.02. The maximum atomic E-state index is 2.00. The molecule has 0 aliphatic carbocycles. The molecular formula is C3H9BTa-. The summed E-state index contributed by atoms with van der Waals surface area (Å²) in [6.45, 7) is 4.00. The van der Waals surface area contributed by atoms with Crippen LogP contribution in [0.5, 0.6) is 0 Å². The summed E-state index contributed by atoms with van der Waals surface area (Å²) in [5.41, 5.74) is 0. The molecule has 0 unspecified atom stereocenters. The summed E-state index contributed by atoms with van der Waals surface area (Å²) in [5, 5.41) is 0. The molecule has 2 heteroatoms. The Labute approximate surface area is 51.1 Å². The van der Waals surface area contributed by atoms with Gasteiger partial charge in [0.2, 0.25) is 0 Å². The second-order valence-corrected chi connectivity index (χ2v) is 0.577. The molecular weight excluding hydrogens is 228 g/mol. The van der Waals surface area contributed by atoms with E-state index in [9.17, 15) is 0 Å². The van der Waals surface area contributed by atoms with Crippen LogP contribution in [0.15, 0.2) is 0 Å². The number of rotatable bonds is 0. The molecule has 0 spiro atoms. The largest absolute Gasteiger partial charge is 0.358 e. The first kappa shape index (κ1) is 17.0. The van der Waals surface area contributed by atoms with E-state index >= 15 is 0 Å². The van der Waals surface area contributed by atoms with Gasteiger partial charge in [-0.05, 0) is 0 Å². The molecule has 0 amide bonds. The average Bonchev–Trinajstić information content (AvgIpc) is 0.918. The van der Waals surface area contributed by atoms with Crippen molar-refractivity contribution in [2.24, 2.45) is 0 Å². The van der Waals surface area contributed by atoms with Crippen molar-refractivity contribution in [1.29, 1.82) is 0 Å². The molecule has 0 aliphatic rings. The zero-order chi connectivity index (χ0) is 2.71. The van der Waals surface area contributed by atoms with Crippen molar-refractivity contribution in [3.05, 3.63) is 7.43 Å². The molecule has 30 valence electrons. The van der Waals surface area contributed by atoms with E-state index in [1.165, 1.54) is 0 Å². The Hall–Kier alpha value is 0.805. The Balaban J connectivity index is -0.0000000200. The Kier molecular flexibility index (Phi) is 72.7. The van der Waals surface area contributed by atoms with Crippen LogP contribution >= 0.6 is 0 Å². The van der Waals surface area contributed by atoms with Crippen LogP contribution in [0.4, 0.5) is 0 Å². The van der Waals surface area contributed by atoms with E-state index in [4.69, 9.17) is 0 Å². The van der Waals surface area contributed by atoms with Crippen LogP contribution < -0.4 is 0 Å². The van der Waals surface area contributed by atoms with Gasteiger partial charge < -0.3 is 7.43 Å². The maximum absolute atomic E-state index is 2.00. The maximum Gasteiger partial charge on any atom is 0.102 e. The van der Waals surface area contributed by atoms with Crippen LogP contribution in [-0.4, -0.2) is 7.28 Å². The van der Waals surface area contributed by atoms with Crippen LogP contribution in [-0.2, 0) is 22.4 Å². The summed E-state index contributed by atoms with van der Waals surface area (Å²) < 4.78 is 0. The van der Waals surface area contributed by atoms with Crippen molar-refractivity contribution < 1.29 is 22.4 Å². The van der Waals surface area contributed by atoms with Crippen LogP contribution in [0.25, 0.3) is 0 Å². The van der Waals surface area contributed by atoms with Crippen molar-refractivity contribution in [3.8, 4) is 0 Å². The fourth-order valence-corrected chi connectivity index (χ4v) is 0. The van der Waals surface area contributed by atoms with Gasteiger partial charge in [0.15, 0.2) is 0 Å². The topological polar surface area (TPSA) is 0 Å². The number of hydrogen-bond acceptors (Lipinski definition) is 0. The molecule has 0 nitrogen and oxygen atoms in total. The second-order valence-electron chi connectivity index (χ2n) is 0.577. The molecule has 0 fully saturated rings. The van der Waals surface area contributed by atoms with Crippen molar-refractivity contribution in [1.82, 2.24) is 0 Å². The average molecular weight is 237 g/mol. The Morgan fingerprint density at radius 3 is 1.20 bits per heavy atom. The summed E-state index contributed by atoms with van der Waals surface area (Å²) in [7, 11) is 2.00. The normalized spacial score (nSPS) is 2.80. The molecule has 0 aromatic rings. The summed E-state index contributed by atoms with van der Waals surface area (Å²) in [5.74, 6) is 0. The number of hydrogen-bond donors (Lipinski definition) is 0. The molecule has 2 radical (unpaired) electrons. The van der Waals surface area contributed by atoms with Crippen molar-refractivity contribution in [2.75, 3.05) is 0 Å². The Bertz CT molecular complexity index is 6.85. The van der Waals surface area contributed by atoms with Crippen molar-refractivity contribution >= 4 is 7.28 Å². The third-order valence-electron chi connectivity index (χ3n) is 0. The van der Waals surface area contributed by atoms with Gasteiger partial charge in [0.05, 0.1) is 0 Å². The third kappa shape index (κ3) is 58.3. The SMILES string of the molecule is C[B]C.[CH3-].[Ta]. The third-order valence-corrected chi connectivity index (χ3v) is 0. The minimum atomic E-state index is 0. The van der Waals surface area contributed by atoms with Gasteiger partial charge in [-0.2, -0.15) is 0 Å². The monoisotopic (exact) mass is 237 g/mol. The van der Waals surface area contributed by atoms with Crippen LogP contribution in [0.2, 0.25) is 13.6 Å². The van der Waals surface area contributed by atoms with E-state index < -0.39 is 0 Å². The molecule has 0 saturated heterocycles. The Morgan fingerprint density at radius 1 is 1.20 bits per heavy atom. The fraction of sp³-hybridized carbons (Fsp3) is 0.667. The Morgan fingerprint density at radius 2 is 1.20 bits per heavy atom. The zero-order valence-corrected chi connectivity index (χ0v) is 7.24. The van der Waals surface area contributed by atoms with E-state index in [1.807, 2.05) is 20.9 Å². The van der Waals surface area contributed by atoms with Crippen molar-refractivity contribution in [3.63, 3.8) is 0 Å². The standard InChI is InChI=1S/C2H6B.CH3.Ta/c1-3-2;;/h1-2H3;1H3;/q;-1;. The van der Waals surface area contributed by atoms with Crippen molar-refractivity contribution in [2.45, 2.75) is 13.6 Å². The van der Waals surface area contributed by atoms with Gasteiger partial charge in [0.25, 0.3) is 0 Å². The summed E-state index contributed by atoms with van der Waals surface area (Å²) >= 11 is 0. The van der Waals surface area contributed by atoms with Gasteiger partial charge >= 0.3 is 0 Å². The molecule has 0 aromatic heterocycles. The summed E-state index contributed by atoms with van der Waals surface area (Å²) in [4.78, 5) is 0. The molecule has 0 saturated carbocycles. The van der Waals surface area contributed by atoms with Crippen LogP contribution in [0.1, 0.15) is 0 Å². The molecule has 0 N–H and O–H groups in total. The molecule has 0 rings (SSSR count). The second kappa shape index (κ2) is 21.4. The first-order chi connectivity index (χ1) is 1.41. The minimum Gasteiger partial charge on any atom is -0.358 e.